The molecule has 5 nitrogen and oxygen atoms in total. The molecule has 5 heteroatoms. The Kier molecular flexibility index (Phi) is 4.17. The highest BCUT2D eigenvalue weighted by Crippen LogP contribution is 2.35. The molecule has 116 valence electrons. The summed E-state index contributed by atoms with van der Waals surface area (Å²) in [6, 6.07) is 0.571. The second-order valence-corrected chi connectivity index (χ2v) is 6.37. The van der Waals surface area contributed by atoms with Gasteiger partial charge in [0.2, 0.25) is 0 Å². The summed E-state index contributed by atoms with van der Waals surface area (Å²) in [4.78, 5) is 14.6. The number of aromatic nitrogens is 1. The predicted octanol–water partition coefficient (Wildman–Crippen LogP) is 3.47. The summed E-state index contributed by atoms with van der Waals surface area (Å²) in [5.74, 6) is 0.842. The summed E-state index contributed by atoms with van der Waals surface area (Å²) in [6.07, 6.45) is 8.06. The van der Waals surface area contributed by atoms with Crippen LogP contribution in [0.25, 0.3) is 0 Å². The van der Waals surface area contributed by atoms with E-state index < -0.39 is 0 Å². The minimum atomic E-state index is 0.0874. The van der Waals surface area contributed by atoms with Crippen molar-refractivity contribution in [2.75, 3.05) is 6.54 Å². The molecule has 0 bridgehead atoms. The zero-order valence-corrected chi connectivity index (χ0v) is 13.0. The fourth-order valence-corrected chi connectivity index (χ4v) is 3.78. The first-order chi connectivity index (χ1) is 10.2. The van der Waals surface area contributed by atoms with Gasteiger partial charge in [0.1, 0.15) is 5.76 Å². The summed E-state index contributed by atoms with van der Waals surface area (Å²) < 4.78 is 5.28. The van der Waals surface area contributed by atoms with Gasteiger partial charge in [-0.1, -0.05) is 24.4 Å². The number of urea groups is 1. The van der Waals surface area contributed by atoms with Crippen molar-refractivity contribution in [3.05, 3.63) is 17.0 Å². The first-order valence-electron chi connectivity index (χ1n) is 8.16. The average molecular weight is 291 g/mol. The molecule has 1 saturated heterocycles. The third-order valence-corrected chi connectivity index (χ3v) is 4.87. The molecule has 1 aromatic heterocycles. The Hall–Kier alpha value is -1.52. The molecule has 2 heterocycles. The van der Waals surface area contributed by atoms with E-state index in [0.717, 1.165) is 49.2 Å². The van der Waals surface area contributed by atoms with Crippen LogP contribution in [0.15, 0.2) is 4.52 Å². The number of nitrogens with one attached hydrogen (secondary N) is 1. The number of hydrogen-bond donors (Lipinski definition) is 1. The molecule has 3 rings (SSSR count). The van der Waals surface area contributed by atoms with E-state index in [4.69, 9.17) is 4.52 Å². The molecule has 2 amide bonds. The molecule has 1 N–H and O–H groups in total. The van der Waals surface area contributed by atoms with Gasteiger partial charge in [0.25, 0.3) is 0 Å². The normalized spacial score (nSPS) is 23.5. The Balaban J connectivity index is 1.70. The molecule has 1 saturated carbocycles. The van der Waals surface area contributed by atoms with E-state index in [2.05, 4.69) is 10.5 Å². The number of carbonyl (C=O) groups excluding carboxylic acids is 1. The lowest BCUT2D eigenvalue weighted by Gasteiger charge is -2.29. The first-order valence-corrected chi connectivity index (χ1v) is 8.16. The van der Waals surface area contributed by atoms with E-state index in [1.807, 2.05) is 18.7 Å². The van der Waals surface area contributed by atoms with Gasteiger partial charge >= 0.3 is 6.03 Å². The van der Waals surface area contributed by atoms with E-state index in [1.165, 1.54) is 19.3 Å². The lowest BCUT2D eigenvalue weighted by atomic mass is 9.95. The Bertz CT molecular complexity index is 486. The molecule has 0 unspecified atom stereocenters. The van der Waals surface area contributed by atoms with Crippen LogP contribution in [0.2, 0.25) is 0 Å². The minimum absolute atomic E-state index is 0.0874. The van der Waals surface area contributed by atoms with Crippen molar-refractivity contribution in [1.29, 1.82) is 0 Å². The van der Waals surface area contributed by atoms with Gasteiger partial charge in [0.15, 0.2) is 0 Å². The highest BCUT2D eigenvalue weighted by Gasteiger charge is 2.34. The van der Waals surface area contributed by atoms with Crippen LogP contribution in [-0.2, 0) is 0 Å². The van der Waals surface area contributed by atoms with Crippen LogP contribution in [-0.4, -0.2) is 28.7 Å². The van der Waals surface area contributed by atoms with E-state index in [-0.39, 0.29) is 12.1 Å². The Morgan fingerprint density at radius 2 is 1.95 bits per heavy atom. The van der Waals surface area contributed by atoms with Crippen molar-refractivity contribution in [3.8, 4) is 0 Å². The molecule has 1 aromatic rings. The molecule has 1 aliphatic carbocycles. The monoisotopic (exact) mass is 291 g/mol. The van der Waals surface area contributed by atoms with Crippen LogP contribution in [0, 0.1) is 13.8 Å². The van der Waals surface area contributed by atoms with Crippen LogP contribution in [0.4, 0.5) is 4.79 Å². The van der Waals surface area contributed by atoms with E-state index >= 15 is 0 Å². The smallest absolute Gasteiger partial charge is 0.318 e. The zero-order valence-electron chi connectivity index (χ0n) is 13.0. The molecule has 0 spiro atoms. The molecular weight excluding hydrogens is 266 g/mol. The number of amides is 2. The molecule has 0 radical (unpaired) electrons. The lowest BCUT2D eigenvalue weighted by molar-refractivity contribution is 0.185. The maximum atomic E-state index is 12.6. The Labute approximate surface area is 126 Å². The third-order valence-electron chi connectivity index (χ3n) is 4.87. The van der Waals surface area contributed by atoms with Crippen molar-refractivity contribution >= 4 is 6.03 Å². The lowest BCUT2D eigenvalue weighted by Crippen LogP contribution is -2.45. The summed E-state index contributed by atoms with van der Waals surface area (Å²) in [7, 11) is 0. The Morgan fingerprint density at radius 1 is 1.19 bits per heavy atom. The molecule has 1 aliphatic heterocycles. The topological polar surface area (TPSA) is 58.4 Å². The van der Waals surface area contributed by atoms with Gasteiger partial charge in [-0.3, -0.25) is 0 Å². The number of likely N-dealkylation sites (tertiary alicyclic amines) is 1. The van der Waals surface area contributed by atoms with Crippen molar-refractivity contribution in [2.24, 2.45) is 0 Å². The van der Waals surface area contributed by atoms with Crippen molar-refractivity contribution < 1.29 is 9.32 Å². The number of aryl methyl sites for hydroxylation is 2. The molecule has 2 aliphatic rings. The summed E-state index contributed by atoms with van der Waals surface area (Å²) in [5, 5.41) is 7.26. The van der Waals surface area contributed by atoms with Gasteiger partial charge in [-0.2, -0.15) is 0 Å². The van der Waals surface area contributed by atoms with Crippen LogP contribution in [0.5, 0.6) is 0 Å². The summed E-state index contributed by atoms with van der Waals surface area (Å²) in [6.45, 7) is 4.72. The summed E-state index contributed by atoms with van der Waals surface area (Å²) >= 11 is 0. The zero-order chi connectivity index (χ0) is 14.8. The van der Waals surface area contributed by atoms with Gasteiger partial charge in [0.05, 0.1) is 11.7 Å². The van der Waals surface area contributed by atoms with Gasteiger partial charge in [-0.05, 0) is 39.5 Å². The fourth-order valence-electron chi connectivity index (χ4n) is 3.78. The van der Waals surface area contributed by atoms with E-state index in [9.17, 15) is 4.79 Å². The number of rotatable bonds is 2. The average Bonchev–Trinajstić information content (AvgIpc) is 3.07. The minimum Gasteiger partial charge on any atom is -0.361 e. The molecule has 2 fully saturated rings. The SMILES string of the molecule is Cc1noc(C)c1[C@@H]1CCCN1C(=O)NC1CCCCC1. The van der Waals surface area contributed by atoms with Gasteiger partial charge < -0.3 is 14.7 Å². The summed E-state index contributed by atoms with van der Waals surface area (Å²) in [5.41, 5.74) is 2.01. The standard InChI is InChI=1S/C16H25N3O2/c1-11-15(12(2)21-18-11)14-9-6-10-19(14)16(20)17-13-7-4-3-5-8-13/h13-14H,3-10H2,1-2H3,(H,17,20)/t14-/m0/s1. The highest BCUT2D eigenvalue weighted by molar-refractivity contribution is 5.75. The van der Waals surface area contributed by atoms with Crippen molar-refractivity contribution in [3.63, 3.8) is 0 Å². The largest absolute Gasteiger partial charge is 0.361 e. The van der Waals surface area contributed by atoms with Crippen LogP contribution >= 0.6 is 0 Å². The highest BCUT2D eigenvalue weighted by atomic mass is 16.5. The molecule has 1 atom stereocenters. The predicted molar refractivity (Wildman–Crippen MR) is 80.1 cm³/mol. The number of nitrogens with zero attached hydrogens (tertiary/aromatic N) is 2. The van der Waals surface area contributed by atoms with Gasteiger partial charge in [0, 0.05) is 18.2 Å². The second-order valence-electron chi connectivity index (χ2n) is 6.37. The number of carbonyl (C=O) groups is 1. The van der Waals surface area contributed by atoms with Crippen LogP contribution < -0.4 is 5.32 Å². The molecular formula is C16H25N3O2. The van der Waals surface area contributed by atoms with Crippen molar-refractivity contribution in [1.82, 2.24) is 15.4 Å². The second kappa shape index (κ2) is 6.08. The maximum Gasteiger partial charge on any atom is 0.318 e. The maximum absolute atomic E-state index is 12.6. The van der Waals surface area contributed by atoms with Crippen molar-refractivity contribution in [2.45, 2.75) is 70.9 Å². The van der Waals surface area contributed by atoms with Gasteiger partial charge in [-0.25, -0.2) is 4.79 Å². The van der Waals surface area contributed by atoms with E-state index in [1.54, 1.807) is 0 Å². The van der Waals surface area contributed by atoms with Gasteiger partial charge in [-0.15, -0.1) is 0 Å². The third kappa shape index (κ3) is 2.92. The first kappa shape index (κ1) is 14.4. The number of hydrogen-bond acceptors (Lipinski definition) is 3. The van der Waals surface area contributed by atoms with Crippen LogP contribution in [0.1, 0.15) is 68.0 Å². The van der Waals surface area contributed by atoms with E-state index in [0.29, 0.717) is 6.04 Å². The quantitative estimate of drug-likeness (QED) is 0.907. The molecule has 0 aromatic carbocycles. The molecule has 21 heavy (non-hydrogen) atoms. The van der Waals surface area contributed by atoms with Crippen LogP contribution in [0.3, 0.4) is 0 Å². The Morgan fingerprint density at radius 3 is 2.62 bits per heavy atom. The fraction of sp³-hybridized carbons (Fsp3) is 0.750.